The molecule has 0 heterocycles. The van der Waals surface area contributed by atoms with Crippen molar-refractivity contribution < 1.29 is 48.0 Å². The SMILES string of the molecule is C=C(CC(S(=O)(=O)C(F)(F)F)S(=O)(=O)C(F)(F)F)C(C)(C=O)c1ccc(C)cc1. The Bertz CT molecular complexity index is 948. The van der Waals surface area contributed by atoms with Crippen LogP contribution in [0.3, 0.4) is 0 Å². The molecule has 1 unspecified atom stereocenters. The number of aldehydes is 1. The van der Waals surface area contributed by atoms with E-state index in [1.54, 1.807) is 6.92 Å². The predicted octanol–water partition coefficient (Wildman–Crippen LogP) is 3.59. The number of hydrogen-bond donors (Lipinski definition) is 0. The van der Waals surface area contributed by atoms with Crippen LogP contribution in [0, 0.1) is 6.92 Å². The molecule has 0 saturated heterocycles. The van der Waals surface area contributed by atoms with Gasteiger partial charge in [0.15, 0.2) is 4.58 Å². The van der Waals surface area contributed by atoms with E-state index in [9.17, 15) is 48.0 Å². The van der Waals surface area contributed by atoms with Crippen LogP contribution >= 0.6 is 0 Å². The maximum absolute atomic E-state index is 12.9. The predicted molar refractivity (Wildman–Crippen MR) is 92.1 cm³/mol. The van der Waals surface area contributed by atoms with Crippen molar-refractivity contribution in [3.8, 4) is 0 Å². The summed E-state index contributed by atoms with van der Waals surface area (Å²) < 4.78 is 120. The second-order valence-corrected chi connectivity index (χ2v) is 10.9. The summed E-state index contributed by atoms with van der Waals surface area (Å²) in [5, 5.41) is 0. The molecule has 13 heteroatoms. The summed E-state index contributed by atoms with van der Waals surface area (Å²) in [5.41, 5.74) is -14.5. The maximum Gasteiger partial charge on any atom is 0.498 e. The molecule has 1 aromatic rings. The first-order valence-electron chi connectivity index (χ1n) is 7.64. The van der Waals surface area contributed by atoms with E-state index in [-0.39, 0.29) is 11.8 Å². The van der Waals surface area contributed by atoms with Gasteiger partial charge in [-0.2, -0.15) is 26.3 Å². The Hall–Kier alpha value is -1.89. The Balaban J connectivity index is 3.59. The molecule has 0 bridgehead atoms. The summed E-state index contributed by atoms with van der Waals surface area (Å²) in [5.74, 6) is 0. The first-order chi connectivity index (χ1) is 12.8. The second kappa shape index (κ2) is 7.74. The Morgan fingerprint density at radius 3 is 1.66 bits per heavy atom. The Labute approximate surface area is 163 Å². The van der Waals surface area contributed by atoms with Crippen molar-refractivity contribution in [3.05, 3.63) is 47.5 Å². The molecule has 5 nitrogen and oxygen atoms in total. The molecule has 0 spiro atoms. The van der Waals surface area contributed by atoms with Crippen LogP contribution in [0.15, 0.2) is 36.4 Å². The van der Waals surface area contributed by atoms with Gasteiger partial charge in [-0.15, -0.1) is 0 Å². The lowest BCUT2D eigenvalue weighted by Gasteiger charge is -2.29. The molecule has 0 amide bonds. The zero-order valence-electron chi connectivity index (χ0n) is 15.0. The number of aryl methyl sites for hydroxylation is 1. The molecule has 0 fully saturated rings. The summed E-state index contributed by atoms with van der Waals surface area (Å²) >= 11 is 0. The highest BCUT2D eigenvalue weighted by Crippen LogP contribution is 2.41. The van der Waals surface area contributed by atoms with Gasteiger partial charge in [0, 0.05) is 6.42 Å². The van der Waals surface area contributed by atoms with Crippen LogP contribution in [0.1, 0.15) is 24.5 Å². The normalized spacial score (nSPS) is 15.8. The van der Waals surface area contributed by atoms with Crippen LogP contribution in [-0.2, 0) is 29.9 Å². The van der Waals surface area contributed by atoms with E-state index in [0.29, 0.717) is 5.56 Å². The zero-order chi connectivity index (χ0) is 23.1. The minimum absolute atomic E-state index is 0.0793. The highest BCUT2D eigenvalue weighted by atomic mass is 32.3. The number of alkyl halides is 6. The first kappa shape index (κ1) is 25.1. The number of sulfone groups is 2. The smallest absolute Gasteiger partial charge is 0.302 e. The minimum atomic E-state index is -6.82. The van der Waals surface area contributed by atoms with Crippen molar-refractivity contribution in [2.75, 3.05) is 0 Å². The molecule has 0 aliphatic heterocycles. The van der Waals surface area contributed by atoms with Crippen molar-refractivity contribution in [2.24, 2.45) is 0 Å². The highest BCUT2D eigenvalue weighted by molar-refractivity contribution is 8.09. The van der Waals surface area contributed by atoms with E-state index in [1.807, 2.05) is 0 Å². The van der Waals surface area contributed by atoms with E-state index < -0.39 is 52.7 Å². The summed E-state index contributed by atoms with van der Waals surface area (Å²) in [6, 6.07) is 5.64. The summed E-state index contributed by atoms with van der Waals surface area (Å²) in [6.45, 7) is 5.97. The third-order valence-corrected chi connectivity index (χ3v) is 8.90. The van der Waals surface area contributed by atoms with Crippen LogP contribution in [-0.4, -0.2) is 38.7 Å². The number of halogens is 6. The van der Waals surface area contributed by atoms with Gasteiger partial charge in [-0.1, -0.05) is 42.0 Å². The number of rotatable bonds is 7. The zero-order valence-corrected chi connectivity index (χ0v) is 16.6. The molecule has 0 saturated carbocycles. The van der Waals surface area contributed by atoms with Crippen molar-refractivity contribution in [1.82, 2.24) is 0 Å². The van der Waals surface area contributed by atoms with E-state index >= 15 is 0 Å². The lowest BCUT2D eigenvalue weighted by Crippen LogP contribution is -2.46. The van der Waals surface area contributed by atoms with E-state index in [1.165, 1.54) is 24.3 Å². The van der Waals surface area contributed by atoms with Gasteiger partial charge >= 0.3 is 11.0 Å². The molecule has 0 radical (unpaired) electrons. The molecule has 0 aliphatic rings. The number of carbonyl (C=O) groups excluding carboxylic acids is 1. The third kappa shape index (κ3) is 4.65. The van der Waals surface area contributed by atoms with Crippen molar-refractivity contribution in [1.29, 1.82) is 0 Å². The third-order valence-electron chi connectivity index (χ3n) is 4.37. The van der Waals surface area contributed by atoms with Gasteiger partial charge < -0.3 is 4.79 Å². The first-order valence-corrected chi connectivity index (χ1v) is 10.7. The van der Waals surface area contributed by atoms with Crippen molar-refractivity contribution in [3.63, 3.8) is 0 Å². The van der Waals surface area contributed by atoms with Gasteiger partial charge in [-0.3, -0.25) is 0 Å². The maximum atomic E-state index is 12.9. The summed E-state index contributed by atoms with van der Waals surface area (Å²) in [7, 11) is -13.6. The lowest BCUT2D eigenvalue weighted by molar-refractivity contribution is -0.111. The fourth-order valence-electron chi connectivity index (χ4n) is 2.35. The summed E-state index contributed by atoms with van der Waals surface area (Å²) in [4.78, 5) is 11.6. The molecule has 0 aliphatic carbocycles. The van der Waals surface area contributed by atoms with Crippen molar-refractivity contribution >= 4 is 26.0 Å². The monoisotopic (exact) mass is 466 g/mol. The quantitative estimate of drug-likeness (QED) is 0.348. The number of carbonyl (C=O) groups is 1. The molecule has 1 rings (SSSR count). The molecule has 0 N–H and O–H groups in total. The molecular weight excluding hydrogens is 450 g/mol. The van der Waals surface area contributed by atoms with Crippen LogP contribution in [0.5, 0.6) is 0 Å². The number of benzene rings is 1. The fourth-order valence-corrected chi connectivity index (χ4v) is 5.78. The number of allylic oxidation sites excluding steroid dienone is 1. The topological polar surface area (TPSA) is 85.3 Å². The van der Waals surface area contributed by atoms with Gasteiger partial charge in [-0.25, -0.2) is 16.8 Å². The van der Waals surface area contributed by atoms with Crippen LogP contribution in [0.2, 0.25) is 0 Å². The van der Waals surface area contributed by atoms with E-state index in [2.05, 4.69) is 6.58 Å². The largest absolute Gasteiger partial charge is 0.498 e. The fraction of sp³-hybridized carbons (Fsp3) is 0.438. The average Bonchev–Trinajstić information content (AvgIpc) is 2.56. The Morgan fingerprint density at radius 1 is 0.966 bits per heavy atom. The van der Waals surface area contributed by atoms with Crippen LogP contribution in [0.25, 0.3) is 0 Å². The highest BCUT2D eigenvalue weighted by Gasteiger charge is 2.63. The second-order valence-electron chi connectivity index (χ2n) is 6.40. The molecule has 164 valence electrons. The van der Waals surface area contributed by atoms with Gasteiger partial charge in [0.2, 0.25) is 0 Å². The molecular formula is C16H16F6O5S2. The van der Waals surface area contributed by atoms with Crippen molar-refractivity contribution in [2.45, 2.75) is 41.3 Å². The van der Waals surface area contributed by atoms with E-state index in [4.69, 9.17) is 0 Å². The average molecular weight is 466 g/mol. The molecule has 0 aromatic heterocycles. The van der Waals surface area contributed by atoms with Crippen LogP contribution in [0.4, 0.5) is 26.3 Å². The molecule has 1 atom stereocenters. The van der Waals surface area contributed by atoms with Gasteiger partial charge in [0.25, 0.3) is 19.7 Å². The lowest BCUT2D eigenvalue weighted by atomic mass is 9.76. The number of hydrogen-bond acceptors (Lipinski definition) is 5. The van der Waals surface area contributed by atoms with Gasteiger partial charge in [-0.05, 0) is 19.4 Å². The summed E-state index contributed by atoms with van der Waals surface area (Å²) in [6.07, 6.45) is -1.65. The standard InChI is InChI=1S/C16H16F6O5S2/c1-10-4-6-12(7-5-10)14(3,9-23)11(2)8-13(28(24,25)15(17,18)19)29(26,27)16(20,21)22/h4-7,9,13H,2,8H2,1,3H3. The van der Waals surface area contributed by atoms with Gasteiger partial charge in [0.05, 0.1) is 5.41 Å². The van der Waals surface area contributed by atoms with Gasteiger partial charge in [0.1, 0.15) is 6.29 Å². The molecule has 29 heavy (non-hydrogen) atoms. The Morgan fingerprint density at radius 2 is 1.34 bits per heavy atom. The van der Waals surface area contributed by atoms with Crippen LogP contribution < -0.4 is 0 Å². The van der Waals surface area contributed by atoms with E-state index in [0.717, 1.165) is 6.92 Å². The minimum Gasteiger partial charge on any atom is -0.302 e. The molecule has 1 aromatic carbocycles. The Kier molecular flexibility index (Phi) is 6.71.